The van der Waals surface area contributed by atoms with Gasteiger partial charge in [-0.1, -0.05) is 25.9 Å². The van der Waals surface area contributed by atoms with Gasteiger partial charge in [0, 0.05) is 19.2 Å². The smallest absolute Gasteiger partial charge is 0.263 e. The second-order valence-electron chi connectivity index (χ2n) is 10.5. The fourth-order valence-electron chi connectivity index (χ4n) is 4.67. The third-order valence-corrected chi connectivity index (χ3v) is 7.33. The second kappa shape index (κ2) is 10.5. The molecule has 2 aliphatic rings. The normalized spacial score (nSPS) is 20.3. The molecule has 0 saturated carbocycles. The van der Waals surface area contributed by atoms with Crippen molar-refractivity contribution < 1.29 is 14.6 Å². The van der Waals surface area contributed by atoms with Crippen molar-refractivity contribution in [1.29, 1.82) is 5.41 Å². The highest BCUT2D eigenvalue weighted by molar-refractivity contribution is 6.37. The van der Waals surface area contributed by atoms with Crippen molar-refractivity contribution in [3.8, 4) is 0 Å². The molecule has 1 spiro atoms. The number of nitrogens with one attached hydrogen (secondary N) is 1. The number of amides is 1. The average molecular weight is 465 g/mol. The first-order valence-corrected chi connectivity index (χ1v) is 12.3. The first-order valence-electron chi connectivity index (χ1n) is 11.9. The number of rotatable bonds is 7. The third-order valence-electron chi connectivity index (χ3n) is 6.99. The largest absolute Gasteiger partial charge is 0.364 e. The van der Waals surface area contributed by atoms with Gasteiger partial charge in [0.15, 0.2) is 0 Å². The van der Waals surface area contributed by atoms with Crippen LogP contribution in [0, 0.1) is 16.2 Å². The van der Waals surface area contributed by atoms with Crippen molar-refractivity contribution in [3.63, 3.8) is 0 Å². The Balaban J connectivity index is 1.60. The van der Waals surface area contributed by atoms with Gasteiger partial charge in [0.05, 0.1) is 6.54 Å². The number of hydrogen-bond donors (Lipinski definition) is 2. The Morgan fingerprint density at radius 2 is 1.84 bits per heavy atom. The molecule has 0 aliphatic carbocycles. The standard InChI is InChI=1S/C24H38ClN5O2/c1-5-27-21(25)19(20(26)18-6-17-32-28-18)22(31)30-15-10-24(11-16-30)8-13-29(14-9-24)12-7-23(2,3)4/h6,17,26-27H,5,7-16H2,1-4H3/p+1/b21-19+,26-20?. The zero-order valence-electron chi connectivity index (χ0n) is 20.0. The zero-order valence-corrected chi connectivity index (χ0v) is 20.8. The predicted octanol–water partition coefficient (Wildman–Crippen LogP) is 3.22. The third kappa shape index (κ3) is 6.21. The van der Waals surface area contributed by atoms with Gasteiger partial charge in [0.1, 0.15) is 23.2 Å². The maximum absolute atomic E-state index is 13.4. The van der Waals surface area contributed by atoms with Crippen molar-refractivity contribution >= 4 is 23.2 Å². The SMILES string of the molecule is CC[NH2+]/C(Cl)=C(\C(=N)c1ccon1)C(=O)N1CCC2(CCN(CCC(C)(C)C)CC2)CC1. The Bertz CT molecular complexity index is 810. The summed E-state index contributed by atoms with van der Waals surface area (Å²) in [7, 11) is 0. The van der Waals surface area contributed by atoms with Crippen LogP contribution in [0.1, 0.15) is 65.5 Å². The molecule has 3 N–H and O–H groups in total. The molecule has 1 aromatic rings. The maximum atomic E-state index is 13.4. The van der Waals surface area contributed by atoms with Gasteiger partial charge in [-0.15, -0.1) is 0 Å². The molecule has 1 amide bonds. The quantitative estimate of drug-likeness (QED) is 0.368. The lowest BCUT2D eigenvalue weighted by Crippen LogP contribution is -2.81. The molecule has 3 heterocycles. The van der Waals surface area contributed by atoms with E-state index < -0.39 is 0 Å². The minimum absolute atomic E-state index is 0.0193. The number of halogens is 1. The van der Waals surface area contributed by atoms with Crippen molar-refractivity contribution in [3.05, 3.63) is 28.8 Å². The van der Waals surface area contributed by atoms with E-state index in [1.807, 2.05) is 11.8 Å². The van der Waals surface area contributed by atoms with E-state index >= 15 is 0 Å². The van der Waals surface area contributed by atoms with Gasteiger partial charge in [-0.05, 0) is 81.1 Å². The van der Waals surface area contributed by atoms with Gasteiger partial charge in [0.2, 0.25) is 5.16 Å². The highest BCUT2D eigenvalue weighted by Crippen LogP contribution is 2.41. The van der Waals surface area contributed by atoms with Crippen LogP contribution in [0.4, 0.5) is 0 Å². The average Bonchev–Trinajstić information content (AvgIpc) is 3.29. The molecule has 2 fully saturated rings. The van der Waals surface area contributed by atoms with Crippen molar-refractivity contribution in [2.24, 2.45) is 10.8 Å². The molecule has 0 unspecified atom stereocenters. The molecule has 0 bridgehead atoms. The Kier molecular flexibility index (Phi) is 8.17. The highest BCUT2D eigenvalue weighted by Gasteiger charge is 2.40. The minimum atomic E-state index is -0.176. The summed E-state index contributed by atoms with van der Waals surface area (Å²) in [5, 5.41) is 14.4. The van der Waals surface area contributed by atoms with E-state index in [4.69, 9.17) is 21.5 Å². The Hall–Kier alpha value is -1.70. The number of quaternary nitrogens is 1. The molecule has 1 aromatic heterocycles. The molecule has 2 saturated heterocycles. The lowest BCUT2D eigenvalue weighted by molar-refractivity contribution is -0.593. The molecule has 0 aromatic carbocycles. The Labute approximate surface area is 197 Å². The van der Waals surface area contributed by atoms with Crippen molar-refractivity contribution in [2.45, 2.75) is 59.8 Å². The summed E-state index contributed by atoms with van der Waals surface area (Å²) in [6.45, 7) is 14.5. The summed E-state index contributed by atoms with van der Waals surface area (Å²) >= 11 is 6.46. The number of carbonyl (C=O) groups excluding carboxylic acids is 1. The second-order valence-corrected chi connectivity index (χ2v) is 10.9. The van der Waals surface area contributed by atoms with Gasteiger partial charge in [-0.2, -0.15) is 0 Å². The van der Waals surface area contributed by atoms with E-state index in [1.54, 1.807) is 11.4 Å². The van der Waals surface area contributed by atoms with Crippen molar-refractivity contribution in [2.75, 3.05) is 39.3 Å². The number of piperidine rings is 2. The van der Waals surface area contributed by atoms with Gasteiger partial charge >= 0.3 is 0 Å². The Morgan fingerprint density at radius 3 is 2.38 bits per heavy atom. The number of nitrogens with two attached hydrogens (primary N) is 1. The predicted molar refractivity (Wildman–Crippen MR) is 127 cm³/mol. The molecular formula is C24H39ClN5O2+. The lowest BCUT2D eigenvalue weighted by atomic mass is 9.71. The van der Waals surface area contributed by atoms with E-state index in [1.165, 1.54) is 32.1 Å². The fraction of sp³-hybridized carbons (Fsp3) is 0.708. The molecule has 8 heteroatoms. The molecule has 7 nitrogen and oxygen atoms in total. The number of likely N-dealkylation sites (tertiary alicyclic amines) is 2. The molecule has 3 rings (SSSR count). The summed E-state index contributed by atoms with van der Waals surface area (Å²) in [6, 6.07) is 1.59. The van der Waals surface area contributed by atoms with Gasteiger partial charge < -0.3 is 19.6 Å². The minimum Gasteiger partial charge on any atom is -0.364 e. The van der Waals surface area contributed by atoms with Crippen LogP contribution in [0.5, 0.6) is 0 Å². The summed E-state index contributed by atoms with van der Waals surface area (Å²) in [5.41, 5.74) is 1.29. The molecule has 2 aliphatic heterocycles. The van der Waals surface area contributed by atoms with Crippen LogP contribution in [-0.2, 0) is 4.79 Å². The van der Waals surface area contributed by atoms with Crippen LogP contribution in [-0.4, -0.2) is 65.8 Å². The molecule has 0 radical (unpaired) electrons. The summed E-state index contributed by atoms with van der Waals surface area (Å²) in [4.78, 5) is 17.9. The van der Waals surface area contributed by atoms with Crippen LogP contribution < -0.4 is 5.32 Å². The van der Waals surface area contributed by atoms with E-state index in [0.717, 1.165) is 25.9 Å². The monoisotopic (exact) mass is 464 g/mol. The first kappa shape index (κ1) is 24.9. The maximum Gasteiger partial charge on any atom is 0.263 e. The number of hydrogen-bond acceptors (Lipinski definition) is 5. The van der Waals surface area contributed by atoms with Crippen LogP contribution in [0.2, 0.25) is 0 Å². The van der Waals surface area contributed by atoms with E-state index in [9.17, 15) is 4.79 Å². The van der Waals surface area contributed by atoms with Gasteiger partial charge in [-0.3, -0.25) is 10.2 Å². The van der Waals surface area contributed by atoms with Gasteiger partial charge in [0.25, 0.3) is 5.91 Å². The van der Waals surface area contributed by atoms with Crippen molar-refractivity contribution in [1.82, 2.24) is 15.0 Å². The molecule has 32 heavy (non-hydrogen) atoms. The zero-order chi connectivity index (χ0) is 23.4. The van der Waals surface area contributed by atoms with E-state index in [2.05, 4.69) is 30.8 Å². The van der Waals surface area contributed by atoms with Crippen LogP contribution in [0.3, 0.4) is 0 Å². The van der Waals surface area contributed by atoms with Crippen LogP contribution >= 0.6 is 11.6 Å². The molecule has 178 valence electrons. The lowest BCUT2D eigenvalue weighted by Gasteiger charge is -2.47. The fourth-order valence-corrected chi connectivity index (χ4v) is 5.00. The first-order chi connectivity index (χ1) is 15.1. The summed E-state index contributed by atoms with van der Waals surface area (Å²) in [5.74, 6) is -0.176. The van der Waals surface area contributed by atoms with Gasteiger partial charge in [-0.25, -0.2) is 0 Å². The number of carbonyl (C=O) groups is 1. The Morgan fingerprint density at radius 1 is 1.22 bits per heavy atom. The summed E-state index contributed by atoms with van der Waals surface area (Å²) < 4.78 is 4.87. The van der Waals surface area contributed by atoms with Crippen LogP contribution in [0.25, 0.3) is 0 Å². The van der Waals surface area contributed by atoms with Crippen LogP contribution in [0.15, 0.2) is 27.6 Å². The summed E-state index contributed by atoms with van der Waals surface area (Å²) in [6.07, 6.45) is 7.09. The number of aromatic nitrogens is 1. The topological polar surface area (TPSA) is 90.0 Å². The van der Waals surface area contributed by atoms with E-state index in [-0.39, 0.29) is 17.2 Å². The molecule has 0 atom stereocenters. The highest BCUT2D eigenvalue weighted by atomic mass is 35.5. The van der Waals surface area contributed by atoms with E-state index in [0.29, 0.717) is 41.3 Å². The number of nitrogens with zero attached hydrogens (tertiary/aromatic N) is 3. The molecular weight excluding hydrogens is 426 g/mol.